The number of para-hydroxylation sites is 1. The van der Waals surface area contributed by atoms with E-state index in [4.69, 9.17) is 4.74 Å². The van der Waals surface area contributed by atoms with E-state index in [1.807, 2.05) is 13.8 Å². The number of halogens is 2. The summed E-state index contributed by atoms with van der Waals surface area (Å²) in [5.74, 6) is -2.14. The molecule has 160 valence electrons. The van der Waals surface area contributed by atoms with Gasteiger partial charge in [0.15, 0.2) is 6.61 Å². The van der Waals surface area contributed by atoms with Crippen molar-refractivity contribution in [3.8, 4) is 5.75 Å². The number of benzene rings is 2. The van der Waals surface area contributed by atoms with Crippen molar-refractivity contribution in [1.82, 2.24) is 4.90 Å². The lowest BCUT2D eigenvalue weighted by Gasteiger charge is -2.19. The molecule has 2 aromatic carbocycles. The number of nitrogens with one attached hydrogen (secondary N) is 1. The van der Waals surface area contributed by atoms with E-state index in [1.165, 1.54) is 30.3 Å². The minimum atomic E-state index is -3.10. The molecule has 0 aliphatic rings. The first-order valence-electron chi connectivity index (χ1n) is 9.25. The Morgan fingerprint density at radius 2 is 1.73 bits per heavy atom. The van der Waals surface area contributed by atoms with E-state index in [-0.39, 0.29) is 17.2 Å². The number of carbonyl (C=O) groups is 3. The fourth-order valence-electron chi connectivity index (χ4n) is 2.66. The van der Waals surface area contributed by atoms with Crippen LogP contribution in [0.2, 0.25) is 0 Å². The molecule has 0 saturated heterocycles. The van der Waals surface area contributed by atoms with Crippen LogP contribution < -0.4 is 10.1 Å². The average Bonchev–Trinajstić information content (AvgIpc) is 2.73. The third-order valence-corrected chi connectivity index (χ3v) is 4.10. The van der Waals surface area contributed by atoms with E-state index in [0.717, 1.165) is 0 Å². The van der Waals surface area contributed by atoms with E-state index in [0.29, 0.717) is 24.3 Å². The maximum Gasteiger partial charge on any atom is 0.387 e. The molecule has 0 saturated carbocycles. The lowest BCUT2D eigenvalue weighted by Crippen LogP contribution is -2.30. The van der Waals surface area contributed by atoms with Crippen molar-refractivity contribution in [2.75, 3.05) is 25.0 Å². The quantitative estimate of drug-likeness (QED) is 0.627. The highest BCUT2D eigenvalue weighted by atomic mass is 19.3. The summed E-state index contributed by atoms with van der Waals surface area (Å²) in [6.07, 6.45) is 0. The second-order valence-electron chi connectivity index (χ2n) is 6.06. The molecule has 1 N–H and O–H groups in total. The molecule has 0 fully saturated rings. The lowest BCUT2D eigenvalue weighted by atomic mass is 10.1. The normalized spacial score (nSPS) is 10.4. The number of esters is 1. The largest absolute Gasteiger partial charge is 0.452 e. The number of rotatable bonds is 9. The van der Waals surface area contributed by atoms with Gasteiger partial charge >= 0.3 is 12.6 Å². The Bertz CT molecular complexity index is 900. The zero-order valence-corrected chi connectivity index (χ0v) is 16.6. The summed E-state index contributed by atoms with van der Waals surface area (Å²) >= 11 is 0. The summed E-state index contributed by atoms with van der Waals surface area (Å²) < 4.78 is 34.0. The van der Waals surface area contributed by atoms with Gasteiger partial charge in [0.2, 0.25) is 0 Å². The summed E-state index contributed by atoms with van der Waals surface area (Å²) in [6, 6.07) is 11.7. The van der Waals surface area contributed by atoms with E-state index in [1.54, 1.807) is 23.1 Å². The maximum absolute atomic E-state index is 12.4. The minimum Gasteiger partial charge on any atom is -0.452 e. The van der Waals surface area contributed by atoms with Crippen LogP contribution in [0.5, 0.6) is 5.75 Å². The molecule has 2 rings (SSSR count). The molecule has 7 nitrogen and oxygen atoms in total. The molecule has 30 heavy (non-hydrogen) atoms. The lowest BCUT2D eigenvalue weighted by molar-refractivity contribution is -0.119. The van der Waals surface area contributed by atoms with Gasteiger partial charge in [0.1, 0.15) is 11.3 Å². The zero-order valence-electron chi connectivity index (χ0n) is 16.6. The maximum atomic E-state index is 12.4. The Morgan fingerprint density at radius 1 is 1.03 bits per heavy atom. The van der Waals surface area contributed by atoms with Crippen LogP contribution in [0.15, 0.2) is 48.5 Å². The number of carbonyl (C=O) groups excluding carboxylic acids is 3. The third kappa shape index (κ3) is 6.26. The Morgan fingerprint density at radius 3 is 2.40 bits per heavy atom. The van der Waals surface area contributed by atoms with Crippen LogP contribution in [-0.2, 0) is 9.53 Å². The predicted octanol–water partition coefficient (Wildman–Crippen LogP) is 3.57. The number of ether oxygens (including phenoxy) is 2. The predicted molar refractivity (Wildman–Crippen MR) is 106 cm³/mol. The minimum absolute atomic E-state index is 0.168. The summed E-state index contributed by atoms with van der Waals surface area (Å²) in [5.41, 5.74) is 0.541. The van der Waals surface area contributed by atoms with Gasteiger partial charge in [-0.25, -0.2) is 4.79 Å². The van der Waals surface area contributed by atoms with Crippen molar-refractivity contribution < 1.29 is 32.6 Å². The second-order valence-corrected chi connectivity index (χ2v) is 6.06. The summed E-state index contributed by atoms with van der Waals surface area (Å²) in [5, 5.41) is 2.53. The van der Waals surface area contributed by atoms with Gasteiger partial charge in [0.05, 0.1) is 0 Å². The van der Waals surface area contributed by atoms with Crippen LogP contribution in [0.4, 0.5) is 14.5 Å². The number of anilines is 1. The van der Waals surface area contributed by atoms with Crippen LogP contribution in [0.25, 0.3) is 0 Å². The second kappa shape index (κ2) is 10.9. The van der Waals surface area contributed by atoms with Gasteiger partial charge in [-0.05, 0) is 44.2 Å². The van der Waals surface area contributed by atoms with Crippen LogP contribution >= 0.6 is 0 Å². The Balaban J connectivity index is 1.98. The van der Waals surface area contributed by atoms with Gasteiger partial charge in [0, 0.05) is 24.3 Å². The van der Waals surface area contributed by atoms with Gasteiger partial charge in [-0.15, -0.1) is 0 Å². The Hall–Kier alpha value is -3.49. The molecule has 0 aliphatic carbocycles. The van der Waals surface area contributed by atoms with E-state index in [2.05, 4.69) is 10.1 Å². The standard InChI is InChI=1S/C21H22F2N2O5/c1-3-25(4-2)19(27)14-8-7-9-15(12-14)24-18(26)13-29-20(28)16-10-5-6-11-17(16)30-21(22)23/h5-12,21H,3-4,13H2,1-2H3,(H,24,26). The van der Waals surface area contributed by atoms with Gasteiger partial charge < -0.3 is 19.7 Å². The first-order valence-corrected chi connectivity index (χ1v) is 9.25. The van der Waals surface area contributed by atoms with Gasteiger partial charge in [-0.1, -0.05) is 18.2 Å². The molecule has 0 aromatic heterocycles. The SMILES string of the molecule is CCN(CC)C(=O)c1cccc(NC(=O)COC(=O)c2ccccc2OC(F)F)c1. The van der Waals surface area contributed by atoms with Crippen LogP contribution in [0.1, 0.15) is 34.6 Å². The van der Waals surface area contributed by atoms with Crippen LogP contribution in [0.3, 0.4) is 0 Å². The number of hydrogen-bond donors (Lipinski definition) is 1. The first-order chi connectivity index (χ1) is 14.3. The number of alkyl halides is 2. The molecule has 0 radical (unpaired) electrons. The van der Waals surface area contributed by atoms with Gasteiger partial charge in [0.25, 0.3) is 11.8 Å². The summed E-state index contributed by atoms with van der Waals surface area (Å²) in [6.45, 7) is 1.10. The Kier molecular flexibility index (Phi) is 8.28. The number of hydrogen-bond acceptors (Lipinski definition) is 5. The van der Waals surface area contributed by atoms with E-state index >= 15 is 0 Å². The molecule has 0 atom stereocenters. The summed E-state index contributed by atoms with van der Waals surface area (Å²) in [7, 11) is 0. The topological polar surface area (TPSA) is 84.9 Å². The van der Waals surface area contributed by atoms with Gasteiger partial charge in [-0.2, -0.15) is 8.78 Å². The van der Waals surface area contributed by atoms with E-state index < -0.39 is 25.1 Å². The monoisotopic (exact) mass is 420 g/mol. The fourth-order valence-corrected chi connectivity index (χ4v) is 2.66. The Labute approximate surface area is 172 Å². The van der Waals surface area contributed by atoms with Crippen molar-refractivity contribution in [3.63, 3.8) is 0 Å². The molecule has 9 heteroatoms. The van der Waals surface area contributed by atoms with Crippen molar-refractivity contribution in [2.24, 2.45) is 0 Å². The van der Waals surface area contributed by atoms with Crippen molar-refractivity contribution in [2.45, 2.75) is 20.5 Å². The number of nitrogens with zero attached hydrogens (tertiary/aromatic N) is 1. The highest BCUT2D eigenvalue weighted by Crippen LogP contribution is 2.21. The third-order valence-electron chi connectivity index (χ3n) is 4.10. The van der Waals surface area contributed by atoms with Crippen molar-refractivity contribution in [3.05, 3.63) is 59.7 Å². The van der Waals surface area contributed by atoms with Crippen molar-refractivity contribution in [1.29, 1.82) is 0 Å². The van der Waals surface area contributed by atoms with Crippen LogP contribution in [0, 0.1) is 0 Å². The average molecular weight is 420 g/mol. The molecule has 0 heterocycles. The molecule has 2 aromatic rings. The molecule has 0 unspecified atom stereocenters. The molecule has 0 spiro atoms. The zero-order chi connectivity index (χ0) is 22.1. The van der Waals surface area contributed by atoms with Crippen LogP contribution in [-0.4, -0.2) is 49.0 Å². The van der Waals surface area contributed by atoms with E-state index in [9.17, 15) is 23.2 Å². The number of amides is 2. The van der Waals surface area contributed by atoms with Gasteiger partial charge in [-0.3, -0.25) is 9.59 Å². The molecule has 0 bridgehead atoms. The highest BCUT2D eigenvalue weighted by Gasteiger charge is 2.18. The summed E-state index contributed by atoms with van der Waals surface area (Å²) in [4.78, 5) is 38.3. The highest BCUT2D eigenvalue weighted by molar-refractivity contribution is 5.99. The molecular weight excluding hydrogens is 398 g/mol. The smallest absolute Gasteiger partial charge is 0.387 e. The van der Waals surface area contributed by atoms with Crippen molar-refractivity contribution >= 4 is 23.5 Å². The molecular formula is C21H22F2N2O5. The fraction of sp³-hybridized carbons (Fsp3) is 0.286. The molecule has 0 aliphatic heterocycles. The first kappa shape index (κ1) is 22.8. The molecule has 2 amide bonds.